The van der Waals surface area contributed by atoms with E-state index in [0.29, 0.717) is 18.0 Å². The summed E-state index contributed by atoms with van der Waals surface area (Å²) in [5.74, 6) is -1.26. The van der Waals surface area contributed by atoms with E-state index in [0.717, 1.165) is 9.35 Å². The standard InChI is InChI=1S/C17H16BrN3O3S/c18-14-7-6-13(25-14)17(24)20-19-16(23)12-8-15(22)21(10-12)9-11-4-2-1-3-5-11/h1-7,12H,8-10H2,(H,19,23)(H,20,24)/t12-/m0/s1. The smallest absolute Gasteiger partial charge is 0.279 e. The SMILES string of the molecule is O=C(NNC(=O)[C@H]1CC(=O)N(Cc2ccccc2)C1)c1ccc(Br)s1. The predicted octanol–water partition coefficient (Wildman–Crippen LogP) is 2.32. The zero-order valence-corrected chi connectivity index (χ0v) is 15.6. The first kappa shape index (κ1) is 17.6. The van der Waals surface area contributed by atoms with E-state index in [-0.39, 0.29) is 24.1 Å². The van der Waals surface area contributed by atoms with Crippen molar-refractivity contribution in [1.29, 1.82) is 0 Å². The number of likely N-dealkylation sites (tertiary alicyclic amines) is 1. The van der Waals surface area contributed by atoms with Crippen molar-refractivity contribution in [3.8, 4) is 0 Å². The molecule has 0 radical (unpaired) electrons. The first-order valence-electron chi connectivity index (χ1n) is 7.70. The number of hydrazine groups is 1. The van der Waals surface area contributed by atoms with E-state index < -0.39 is 5.92 Å². The van der Waals surface area contributed by atoms with Crippen LogP contribution < -0.4 is 10.9 Å². The highest BCUT2D eigenvalue weighted by atomic mass is 79.9. The van der Waals surface area contributed by atoms with Gasteiger partial charge < -0.3 is 4.90 Å². The lowest BCUT2D eigenvalue weighted by molar-refractivity contribution is -0.129. The number of carbonyl (C=O) groups excluding carboxylic acids is 3. The minimum Gasteiger partial charge on any atom is -0.338 e. The first-order valence-corrected chi connectivity index (χ1v) is 9.31. The van der Waals surface area contributed by atoms with Crippen LogP contribution in [0.3, 0.4) is 0 Å². The topological polar surface area (TPSA) is 78.5 Å². The maximum absolute atomic E-state index is 12.2. The average molecular weight is 422 g/mol. The molecule has 2 heterocycles. The van der Waals surface area contributed by atoms with Crippen LogP contribution in [0.4, 0.5) is 0 Å². The van der Waals surface area contributed by atoms with Crippen molar-refractivity contribution in [3.63, 3.8) is 0 Å². The molecule has 0 bridgehead atoms. The van der Waals surface area contributed by atoms with Crippen LogP contribution in [0.2, 0.25) is 0 Å². The zero-order chi connectivity index (χ0) is 17.8. The number of thiophene rings is 1. The molecule has 1 atom stereocenters. The number of hydrogen-bond donors (Lipinski definition) is 2. The minimum absolute atomic E-state index is 0.0579. The van der Waals surface area contributed by atoms with Crippen LogP contribution in [-0.4, -0.2) is 29.2 Å². The maximum Gasteiger partial charge on any atom is 0.279 e. The summed E-state index contributed by atoms with van der Waals surface area (Å²) in [6, 6.07) is 13.1. The molecule has 2 aromatic rings. The van der Waals surface area contributed by atoms with Crippen molar-refractivity contribution in [2.24, 2.45) is 5.92 Å². The van der Waals surface area contributed by atoms with E-state index in [4.69, 9.17) is 0 Å². The molecular weight excluding hydrogens is 406 g/mol. The summed E-state index contributed by atoms with van der Waals surface area (Å²) < 4.78 is 0.835. The molecule has 8 heteroatoms. The van der Waals surface area contributed by atoms with Gasteiger partial charge in [-0.3, -0.25) is 25.2 Å². The quantitative estimate of drug-likeness (QED) is 0.743. The molecule has 3 rings (SSSR count). The zero-order valence-electron chi connectivity index (χ0n) is 13.2. The number of carbonyl (C=O) groups is 3. The van der Waals surface area contributed by atoms with Crippen LogP contribution in [0.25, 0.3) is 0 Å². The highest BCUT2D eigenvalue weighted by Crippen LogP contribution is 2.22. The fraction of sp³-hybridized carbons (Fsp3) is 0.235. The summed E-state index contributed by atoms with van der Waals surface area (Å²) in [4.78, 5) is 38.4. The molecule has 6 nitrogen and oxygen atoms in total. The molecule has 1 aliphatic heterocycles. The van der Waals surface area contributed by atoms with Crippen LogP contribution in [0.1, 0.15) is 21.7 Å². The molecule has 1 aromatic carbocycles. The predicted molar refractivity (Wildman–Crippen MR) is 97.6 cm³/mol. The van der Waals surface area contributed by atoms with Gasteiger partial charge in [0.15, 0.2) is 0 Å². The lowest BCUT2D eigenvalue weighted by Crippen LogP contribution is -2.44. The second-order valence-corrected chi connectivity index (χ2v) is 8.17. The van der Waals surface area contributed by atoms with Gasteiger partial charge in [0.2, 0.25) is 11.8 Å². The summed E-state index contributed by atoms with van der Waals surface area (Å²) in [6.07, 6.45) is 0.152. The summed E-state index contributed by atoms with van der Waals surface area (Å²) >= 11 is 4.56. The first-order chi connectivity index (χ1) is 12.0. The summed E-state index contributed by atoms with van der Waals surface area (Å²) in [5.41, 5.74) is 5.82. The molecule has 0 unspecified atom stereocenters. The number of rotatable bonds is 4. The maximum atomic E-state index is 12.2. The lowest BCUT2D eigenvalue weighted by atomic mass is 10.1. The van der Waals surface area contributed by atoms with E-state index in [9.17, 15) is 14.4 Å². The molecule has 2 N–H and O–H groups in total. The molecule has 0 aliphatic carbocycles. The van der Waals surface area contributed by atoms with Crippen molar-refractivity contribution >= 4 is 45.0 Å². The molecule has 130 valence electrons. The van der Waals surface area contributed by atoms with Crippen LogP contribution in [0.5, 0.6) is 0 Å². The number of hydrogen-bond acceptors (Lipinski definition) is 4. The molecule has 25 heavy (non-hydrogen) atoms. The molecular formula is C17H16BrN3O3S. The van der Waals surface area contributed by atoms with Gasteiger partial charge in [-0.05, 0) is 33.6 Å². The van der Waals surface area contributed by atoms with Crippen molar-refractivity contribution in [2.75, 3.05) is 6.54 Å². The van der Waals surface area contributed by atoms with Crippen LogP contribution >= 0.6 is 27.3 Å². The van der Waals surface area contributed by atoms with Gasteiger partial charge in [-0.15, -0.1) is 11.3 Å². The van der Waals surface area contributed by atoms with Gasteiger partial charge in [0.05, 0.1) is 14.6 Å². The van der Waals surface area contributed by atoms with Gasteiger partial charge in [0, 0.05) is 19.5 Å². The molecule has 1 aromatic heterocycles. The Morgan fingerprint density at radius 3 is 2.60 bits per heavy atom. The molecule has 0 spiro atoms. The normalized spacial score (nSPS) is 16.8. The van der Waals surface area contributed by atoms with E-state index in [1.54, 1.807) is 17.0 Å². The van der Waals surface area contributed by atoms with E-state index in [1.807, 2.05) is 30.3 Å². The molecule has 3 amide bonds. The van der Waals surface area contributed by atoms with Crippen LogP contribution in [-0.2, 0) is 16.1 Å². The second-order valence-electron chi connectivity index (χ2n) is 5.71. The van der Waals surface area contributed by atoms with Crippen LogP contribution in [0, 0.1) is 5.92 Å². The summed E-state index contributed by atoms with van der Waals surface area (Å²) in [7, 11) is 0. The van der Waals surface area contributed by atoms with Crippen molar-refractivity contribution in [2.45, 2.75) is 13.0 Å². The van der Waals surface area contributed by atoms with E-state index >= 15 is 0 Å². The highest BCUT2D eigenvalue weighted by molar-refractivity contribution is 9.11. The van der Waals surface area contributed by atoms with Crippen molar-refractivity contribution in [1.82, 2.24) is 15.8 Å². The molecule has 1 aliphatic rings. The molecule has 0 saturated carbocycles. The van der Waals surface area contributed by atoms with Gasteiger partial charge in [-0.25, -0.2) is 0 Å². The Balaban J connectivity index is 1.51. The van der Waals surface area contributed by atoms with Crippen molar-refractivity contribution < 1.29 is 14.4 Å². The Bertz CT molecular complexity index is 793. The summed E-state index contributed by atoms with van der Waals surface area (Å²) in [6.45, 7) is 0.832. The number of nitrogens with zero attached hydrogens (tertiary/aromatic N) is 1. The van der Waals surface area contributed by atoms with Gasteiger partial charge >= 0.3 is 0 Å². The largest absolute Gasteiger partial charge is 0.338 e. The third-order valence-corrected chi connectivity index (χ3v) is 5.52. The second kappa shape index (κ2) is 7.79. The number of benzene rings is 1. The lowest BCUT2D eigenvalue weighted by Gasteiger charge is -2.16. The average Bonchev–Trinajstić information content (AvgIpc) is 3.20. The Kier molecular flexibility index (Phi) is 5.50. The van der Waals surface area contributed by atoms with Gasteiger partial charge in [0.1, 0.15) is 0 Å². The number of halogens is 1. The third kappa shape index (κ3) is 4.46. The minimum atomic E-state index is -0.466. The Hall–Kier alpha value is -2.19. The van der Waals surface area contributed by atoms with Crippen molar-refractivity contribution in [3.05, 3.63) is 56.7 Å². The van der Waals surface area contributed by atoms with E-state index in [2.05, 4.69) is 26.8 Å². The number of amides is 3. The Morgan fingerprint density at radius 1 is 1.16 bits per heavy atom. The third-order valence-electron chi connectivity index (χ3n) is 3.90. The van der Waals surface area contributed by atoms with Crippen LogP contribution in [0.15, 0.2) is 46.3 Å². The fourth-order valence-corrected chi connectivity index (χ4v) is 3.90. The van der Waals surface area contributed by atoms with Gasteiger partial charge in [0.25, 0.3) is 5.91 Å². The molecule has 1 saturated heterocycles. The summed E-state index contributed by atoms with van der Waals surface area (Å²) in [5, 5.41) is 0. The Labute approximate surface area is 157 Å². The number of nitrogens with one attached hydrogen (secondary N) is 2. The van der Waals surface area contributed by atoms with Gasteiger partial charge in [-0.1, -0.05) is 30.3 Å². The highest BCUT2D eigenvalue weighted by Gasteiger charge is 2.34. The molecule has 1 fully saturated rings. The van der Waals surface area contributed by atoms with E-state index in [1.165, 1.54) is 11.3 Å². The Morgan fingerprint density at radius 2 is 1.92 bits per heavy atom. The monoisotopic (exact) mass is 421 g/mol. The fourth-order valence-electron chi connectivity index (χ4n) is 2.62. The van der Waals surface area contributed by atoms with Gasteiger partial charge in [-0.2, -0.15) is 0 Å².